The molecule has 0 atom stereocenters. The van der Waals surface area contributed by atoms with Crippen LogP contribution in [0, 0.1) is 0 Å². The van der Waals surface area contributed by atoms with Gasteiger partial charge in [0.25, 0.3) is 0 Å². The molecule has 0 spiro atoms. The van der Waals surface area contributed by atoms with Crippen molar-refractivity contribution in [1.82, 2.24) is 4.90 Å². The van der Waals surface area contributed by atoms with Crippen molar-refractivity contribution >= 4 is 11.6 Å². The van der Waals surface area contributed by atoms with Gasteiger partial charge < -0.3 is 0 Å². The minimum Gasteiger partial charge on any atom is -0.295 e. The van der Waals surface area contributed by atoms with Gasteiger partial charge in [0, 0.05) is 18.1 Å². The molecule has 0 aliphatic carbocycles. The van der Waals surface area contributed by atoms with E-state index in [0.717, 1.165) is 18.1 Å². The van der Waals surface area contributed by atoms with Crippen LogP contribution < -0.4 is 0 Å². The van der Waals surface area contributed by atoms with E-state index in [9.17, 15) is 0 Å². The topological polar surface area (TPSA) is 3.24 Å². The minimum absolute atomic E-state index is 0.858. The van der Waals surface area contributed by atoms with Crippen molar-refractivity contribution in [1.29, 1.82) is 0 Å². The molecule has 1 heterocycles. The van der Waals surface area contributed by atoms with Crippen molar-refractivity contribution in [2.75, 3.05) is 6.54 Å². The average molecular weight is 226 g/mol. The van der Waals surface area contributed by atoms with E-state index in [2.05, 4.69) is 24.0 Å². The first-order valence-electron chi connectivity index (χ1n) is 5.79. The molecule has 0 radical (unpaired) electrons. The number of halogens is 1. The Labute approximate surface area is 98.0 Å². The van der Waals surface area contributed by atoms with E-state index in [1.807, 2.05) is 19.9 Å². The summed E-state index contributed by atoms with van der Waals surface area (Å²) in [5.41, 5.74) is 2.85. The first kappa shape index (κ1) is 12.5. The van der Waals surface area contributed by atoms with Gasteiger partial charge in [-0.25, -0.2) is 0 Å². The summed E-state index contributed by atoms with van der Waals surface area (Å²) in [6, 6.07) is 6.22. The van der Waals surface area contributed by atoms with Crippen LogP contribution in [0.4, 0.5) is 0 Å². The van der Waals surface area contributed by atoms with Crippen LogP contribution in [0.5, 0.6) is 0 Å². The number of nitrogens with zero attached hydrogens (tertiary/aromatic N) is 1. The maximum Gasteiger partial charge on any atom is 0.0409 e. The molecule has 2 heteroatoms. The van der Waals surface area contributed by atoms with Gasteiger partial charge >= 0.3 is 0 Å². The second-order valence-electron chi connectivity index (χ2n) is 3.62. The summed E-state index contributed by atoms with van der Waals surface area (Å²) < 4.78 is 0. The van der Waals surface area contributed by atoms with Crippen LogP contribution in [0.1, 0.15) is 38.3 Å². The second kappa shape index (κ2) is 6.14. The standard InChI is InChI=1S/C11H14ClN.C2H6/c1-2-5-13-7-9-3-4-11(12)6-10(9)8-13;1-2/h3-4,6H,2,5,7-8H2,1H3;1-2H3. The van der Waals surface area contributed by atoms with E-state index < -0.39 is 0 Å². The number of rotatable bonds is 2. The SMILES string of the molecule is CC.CCCN1Cc2ccc(Cl)cc2C1. The van der Waals surface area contributed by atoms with Crippen molar-refractivity contribution in [3.05, 3.63) is 34.3 Å². The Morgan fingerprint density at radius 3 is 2.53 bits per heavy atom. The first-order chi connectivity index (χ1) is 7.29. The monoisotopic (exact) mass is 225 g/mol. The average Bonchev–Trinajstić information content (AvgIpc) is 2.63. The molecule has 0 saturated carbocycles. The van der Waals surface area contributed by atoms with Gasteiger partial charge in [-0.15, -0.1) is 0 Å². The predicted molar refractivity (Wildman–Crippen MR) is 67.2 cm³/mol. The Balaban J connectivity index is 0.000000531. The molecule has 1 aromatic rings. The van der Waals surface area contributed by atoms with Gasteiger partial charge in [0.15, 0.2) is 0 Å². The molecule has 1 nitrogen and oxygen atoms in total. The second-order valence-corrected chi connectivity index (χ2v) is 4.06. The van der Waals surface area contributed by atoms with Gasteiger partial charge in [0.1, 0.15) is 0 Å². The highest BCUT2D eigenvalue weighted by Gasteiger charge is 2.17. The van der Waals surface area contributed by atoms with Crippen LogP contribution in [0.2, 0.25) is 5.02 Å². The molecule has 0 bridgehead atoms. The Bertz CT molecular complexity index is 309. The van der Waals surface area contributed by atoms with Crippen LogP contribution >= 0.6 is 11.6 Å². The van der Waals surface area contributed by atoms with Crippen LogP contribution in [0.15, 0.2) is 18.2 Å². The van der Waals surface area contributed by atoms with Crippen molar-refractivity contribution in [3.63, 3.8) is 0 Å². The third kappa shape index (κ3) is 3.22. The lowest BCUT2D eigenvalue weighted by molar-refractivity contribution is 0.285. The summed E-state index contributed by atoms with van der Waals surface area (Å²) in [6.45, 7) is 9.58. The molecule has 2 rings (SSSR count). The fourth-order valence-corrected chi connectivity index (χ4v) is 2.10. The fourth-order valence-electron chi connectivity index (χ4n) is 1.91. The molecular formula is C13H20ClN. The zero-order chi connectivity index (χ0) is 11.3. The van der Waals surface area contributed by atoms with Gasteiger partial charge in [-0.1, -0.05) is 38.4 Å². The first-order valence-corrected chi connectivity index (χ1v) is 6.17. The van der Waals surface area contributed by atoms with E-state index in [1.54, 1.807) is 0 Å². The van der Waals surface area contributed by atoms with Crippen LogP contribution in [-0.4, -0.2) is 11.4 Å². The van der Waals surface area contributed by atoms with Gasteiger partial charge in [0.2, 0.25) is 0 Å². The van der Waals surface area contributed by atoms with Crippen LogP contribution in [0.3, 0.4) is 0 Å². The summed E-state index contributed by atoms with van der Waals surface area (Å²) in [5, 5.41) is 0.858. The molecular weight excluding hydrogens is 206 g/mol. The number of fused-ring (bicyclic) bond motifs is 1. The zero-order valence-electron chi connectivity index (χ0n) is 9.89. The molecule has 1 aromatic carbocycles. The highest BCUT2D eigenvalue weighted by molar-refractivity contribution is 6.30. The molecule has 0 N–H and O–H groups in total. The molecule has 84 valence electrons. The largest absolute Gasteiger partial charge is 0.295 e. The van der Waals surface area contributed by atoms with E-state index in [-0.39, 0.29) is 0 Å². The van der Waals surface area contributed by atoms with E-state index in [4.69, 9.17) is 11.6 Å². The Morgan fingerprint density at radius 1 is 1.20 bits per heavy atom. The lowest BCUT2D eigenvalue weighted by Gasteiger charge is -2.11. The third-order valence-electron chi connectivity index (χ3n) is 2.50. The maximum absolute atomic E-state index is 5.93. The van der Waals surface area contributed by atoms with E-state index in [0.29, 0.717) is 0 Å². The lowest BCUT2D eigenvalue weighted by Crippen LogP contribution is -2.16. The molecule has 1 aliphatic rings. The van der Waals surface area contributed by atoms with Crippen LogP contribution in [0.25, 0.3) is 0 Å². The van der Waals surface area contributed by atoms with E-state index >= 15 is 0 Å². The summed E-state index contributed by atoms with van der Waals surface area (Å²) in [5.74, 6) is 0. The Hall–Kier alpha value is -0.530. The lowest BCUT2D eigenvalue weighted by atomic mass is 10.1. The summed E-state index contributed by atoms with van der Waals surface area (Å²) in [4.78, 5) is 2.46. The summed E-state index contributed by atoms with van der Waals surface area (Å²) >= 11 is 5.93. The molecule has 1 aliphatic heterocycles. The van der Waals surface area contributed by atoms with Gasteiger partial charge in [-0.2, -0.15) is 0 Å². The van der Waals surface area contributed by atoms with Gasteiger partial charge in [-0.05, 0) is 36.2 Å². The minimum atomic E-state index is 0.858. The van der Waals surface area contributed by atoms with Crippen molar-refractivity contribution in [3.8, 4) is 0 Å². The zero-order valence-corrected chi connectivity index (χ0v) is 10.6. The summed E-state index contributed by atoms with van der Waals surface area (Å²) in [7, 11) is 0. The predicted octanol–water partition coefficient (Wildman–Crippen LogP) is 4.09. The van der Waals surface area contributed by atoms with E-state index in [1.165, 1.54) is 24.1 Å². The van der Waals surface area contributed by atoms with Crippen LogP contribution in [-0.2, 0) is 13.1 Å². The molecule has 0 fully saturated rings. The van der Waals surface area contributed by atoms with Crippen molar-refractivity contribution in [2.45, 2.75) is 40.3 Å². The van der Waals surface area contributed by atoms with Crippen molar-refractivity contribution in [2.24, 2.45) is 0 Å². The highest BCUT2D eigenvalue weighted by atomic mass is 35.5. The molecule has 0 amide bonds. The highest BCUT2D eigenvalue weighted by Crippen LogP contribution is 2.25. The van der Waals surface area contributed by atoms with Gasteiger partial charge in [-0.3, -0.25) is 4.90 Å². The molecule has 0 aromatic heterocycles. The Morgan fingerprint density at radius 2 is 1.87 bits per heavy atom. The molecule has 0 saturated heterocycles. The normalized spacial score (nSPS) is 14.4. The summed E-state index contributed by atoms with van der Waals surface area (Å²) in [6.07, 6.45) is 1.22. The third-order valence-corrected chi connectivity index (χ3v) is 2.73. The quantitative estimate of drug-likeness (QED) is 0.733. The van der Waals surface area contributed by atoms with Gasteiger partial charge in [0.05, 0.1) is 0 Å². The number of hydrogen-bond donors (Lipinski definition) is 0. The number of benzene rings is 1. The number of hydrogen-bond acceptors (Lipinski definition) is 1. The Kier molecular flexibility index (Phi) is 5.13. The smallest absolute Gasteiger partial charge is 0.0409 e. The fraction of sp³-hybridized carbons (Fsp3) is 0.538. The van der Waals surface area contributed by atoms with Crippen molar-refractivity contribution < 1.29 is 0 Å². The molecule has 15 heavy (non-hydrogen) atoms. The molecule has 0 unspecified atom stereocenters. The maximum atomic E-state index is 5.93.